The van der Waals surface area contributed by atoms with Crippen LogP contribution in [0.4, 0.5) is 0 Å². The van der Waals surface area contributed by atoms with Crippen molar-refractivity contribution >= 4 is 29.8 Å². The van der Waals surface area contributed by atoms with Crippen LogP contribution in [-0.2, 0) is 14.9 Å². The first kappa shape index (κ1) is 41.3. The molecule has 326 valence electrons. The number of benzene rings is 4. The highest BCUT2D eigenvalue weighted by molar-refractivity contribution is 6.16. The summed E-state index contributed by atoms with van der Waals surface area (Å²) in [5.41, 5.74) is 3.17. The fourth-order valence-electron chi connectivity index (χ4n) is 14.4. The lowest BCUT2D eigenvalue weighted by atomic mass is 9.36. The molecule has 4 aromatic rings. The third-order valence-corrected chi connectivity index (χ3v) is 17.4. The van der Waals surface area contributed by atoms with Crippen LogP contribution < -0.4 is 14.2 Å². The number of hydrogen-bond donors (Lipinski definition) is 0. The molecule has 2 aliphatic heterocycles. The zero-order valence-corrected chi connectivity index (χ0v) is 36.6. The lowest BCUT2D eigenvalue weighted by molar-refractivity contribution is -0.163. The average Bonchev–Trinajstić information content (AvgIpc) is 3.88. The van der Waals surface area contributed by atoms with Gasteiger partial charge in [-0.05, 0) is 169 Å². The van der Waals surface area contributed by atoms with E-state index in [1.54, 1.807) is 6.07 Å². The van der Waals surface area contributed by atoms with Gasteiger partial charge in [0.15, 0.2) is 0 Å². The zero-order chi connectivity index (χ0) is 44.1. The lowest BCUT2D eigenvalue weighted by Crippen LogP contribution is -2.62. The van der Waals surface area contributed by atoms with E-state index in [2.05, 4.69) is 58.9 Å². The van der Waals surface area contributed by atoms with E-state index in [0.717, 1.165) is 36.2 Å². The van der Waals surface area contributed by atoms with Crippen molar-refractivity contribution in [2.24, 2.45) is 45.8 Å². The van der Waals surface area contributed by atoms with Gasteiger partial charge in [0.05, 0.1) is 27.8 Å². The molecule has 10 nitrogen and oxygen atoms in total. The first-order valence-electron chi connectivity index (χ1n) is 22.7. The van der Waals surface area contributed by atoms with Crippen LogP contribution in [0.1, 0.15) is 155 Å². The molecule has 10 rings (SSSR count). The van der Waals surface area contributed by atoms with Crippen LogP contribution >= 0.6 is 0 Å². The maximum atomic E-state index is 13.4. The molecule has 0 spiro atoms. The van der Waals surface area contributed by atoms with Crippen LogP contribution in [0.2, 0.25) is 0 Å². The Morgan fingerprint density at radius 1 is 0.587 bits per heavy atom. The van der Waals surface area contributed by atoms with Crippen LogP contribution in [0.3, 0.4) is 0 Å². The molecule has 0 saturated heterocycles. The number of esters is 5. The standard InChI is InChI=1S/C53H54O10/c1-6-31-12-21-42-39-20-22-44-50(2,3)53(26-25-52(44,5)43(39)23-24-51(31,42)4,32-8-13-34(14-9-32)59-29-60-36-17-19-38-41(28-36)49(58)63-47(38)56)33-10-15-35(16-11-33)61-45(54)30-7-18-37-40(27-30)48(57)62-46(37)55/h7-11,13-19,27-28,31,39,42-44H,6,12,20-26,29H2,1-5H3. The monoisotopic (exact) mass is 850 g/mol. The van der Waals surface area contributed by atoms with Gasteiger partial charge in [-0.25, -0.2) is 24.0 Å². The van der Waals surface area contributed by atoms with Gasteiger partial charge in [0.2, 0.25) is 6.79 Å². The summed E-state index contributed by atoms with van der Waals surface area (Å²) in [5, 5.41) is 0. The predicted molar refractivity (Wildman–Crippen MR) is 232 cm³/mol. The Hall–Kier alpha value is -5.77. The van der Waals surface area contributed by atoms with E-state index < -0.39 is 35.3 Å². The second-order valence-electron chi connectivity index (χ2n) is 20.0. The Labute approximate surface area is 368 Å². The Morgan fingerprint density at radius 3 is 1.83 bits per heavy atom. The fourth-order valence-corrected chi connectivity index (χ4v) is 14.4. The quantitative estimate of drug-likeness (QED) is 0.0694. The number of ether oxygens (including phenoxy) is 5. The maximum Gasteiger partial charge on any atom is 0.347 e. The van der Waals surface area contributed by atoms with Crippen LogP contribution in [0, 0.1) is 45.8 Å². The minimum absolute atomic E-state index is 0.0536. The molecule has 63 heavy (non-hydrogen) atoms. The molecule has 2 heterocycles. The van der Waals surface area contributed by atoms with Crippen LogP contribution in [0.5, 0.6) is 17.2 Å². The van der Waals surface area contributed by atoms with Crippen molar-refractivity contribution in [3.63, 3.8) is 0 Å². The predicted octanol–water partition coefficient (Wildman–Crippen LogP) is 10.9. The summed E-state index contributed by atoms with van der Waals surface area (Å²) in [5.74, 6) is 1.51. The summed E-state index contributed by atoms with van der Waals surface area (Å²) in [6.07, 6.45) is 11.2. The number of carbonyl (C=O) groups is 5. The third kappa shape index (κ3) is 6.28. The topological polar surface area (TPSA) is 132 Å². The van der Waals surface area contributed by atoms with Gasteiger partial charge in [-0.3, -0.25) is 0 Å². The SMILES string of the molecule is CCC1CCC2C3CCC4C(C)(CCC(c5ccc(OCOc6ccc7c(c6)C(=O)OC7=O)cc5)(c5ccc(OC(=O)c6ccc7c(c6)C(=O)OC7=O)cc5)C4(C)C)C3CCC12C. The number of rotatable bonds is 9. The summed E-state index contributed by atoms with van der Waals surface area (Å²) < 4.78 is 27.2. The van der Waals surface area contributed by atoms with E-state index >= 15 is 0 Å². The molecule has 4 fully saturated rings. The molecule has 0 bridgehead atoms. The molecule has 6 aliphatic rings. The molecule has 8 atom stereocenters. The Balaban J connectivity index is 0.937. The Morgan fingerprint density at radius 2 is 1.16 bits per heavy atom. The highest BCUT2D eigenvalue weighted by Gasteiger charge is 2.66. The van der Waals surface area contributed by atoms with Crippen molar-refractivity contribution < 1.29 is 47.7 Å². The van der Waals surface area contributed by atoms with Gasteiger partial charge < -0.3 is 23.7 Å². The molecule has 4 aromatic carbocycles. The molecule has 8 unspecified atom stereocenters. The van der Waals surface area contributed by atoms with Gasteiger partial charge in [-0.1, -0.05) is 65.3 Å². The smallest absolute Gasteiger partial charge is 0.347 e. The second kappa shape index (κ2) is 14.9. The molecular weight excluding hydrogens is 797 g/mol. The molecule has 0 amide bonds. The van der Waals surface area contributed by atoms with Gasteiger partial charge in [0.1, 0.15) is 17.2 Å². The third-order valence-electron chi connectivity index (χ3n) is 17.4. The molecule has 4 aliphatic carbocycles. The van der Waals surface area contributed by atoms with Crippen molar-refractivity contribution in [2.75, 3.05) is 6.79 Å². The van der Waals surface area contributed by atoms with Crippen LogP contribution in [-0.4, -0.2) is 36.6 Å². The average molecular weight is 851 g/mol. The normalized spacial score (nSPS) is 31.2. The number of cyclic esters (lactones) is 4. The van der Waals surface area contributed by atoms with E-state index in [4.69, 9.17) is 23.7 Å². The van der Waals surface area contributed by atoms with E-state index in [0.29, 0.717) is 34.5 Å². The number of fused-ring (bicyclic) bond motifs is 7. The Bertz CT molecular complexity index is 2560. The van der Waals surface area contributed by atoms with E-state index in [1.807, 2.05) is 24.3 Å². The van der Waals surface area contributed by atoms with Gasteiger partial charge in [0, 0.05) is 5.41 Å². The highest BCUT2D eigenvalue weighted by Crippen LogP contribution is 2.73. The minimum atomic E-state index is -0.776. The van der Waals surface area contributed by atoms with Gasteiger partial charge in [0.25, 0.3) is 0 Å². The maximum absolute atomic E-state index is 13.4. The Kier molecular flexibility index (Phi) is 9.77. The van der Waals surface area contributed by atoms with Crippen molar-refractivity contribution in [3.05, 3.63) is 124 Å². The first-order valence-corrected chi connectivity index (χ1v) is 22.7. The molecular formula is C53H54O10. The minimum Gasteiger partial charge on any atom is -0.458 e. The molecule has 0 N–H and O–H groups in total. The van der Waals surface area contributed by atoms with Crippen molar-refractivity contribution in [3.8, 4) is 17.2 Å². The van der Waals surface area contributed by atoms with Crippen LogP contribution in [0.25, 0.3) is 0 Å². The lowest BCUT2D eigenvalue weighted by Gasteiger charge is -2.68. The fraction of sp³-hybridized carbons (Fsp3) is 0.453. The molecule has 10 heteroatoms. The van der Waals surface area contributed by atoms with Crippen LogP contribution in [0.15, 0.2) is 84.9 Å². The molecule has 0 aromatic heterocycles. The largest absolute Gasteiger partial charge is 0.458 e. The summed E-state index contributed by atoms with van der Waals surface area (Å²) in [4.78, 5) is 61.5. The van der Waals surface area contributed by atoms with Gasteiger partial charge in [-0.15, -0.1) is 0 Å². The second-order valence-corrected chi connectivity index (χ2v) is 20.0. The molecule has 4 saturated carbocycles. The summed E-state index contributed by atoms with van der Waals surface area (Å²) in [6.45, 7) is 12.5. The van der Waals surface area contributed by atoms with E-state index in [-0.39, 0.29) is 45.4 Å². The summed E-state index contributed by atoms with van der Waals surface area (Å²) in [7, 11) is 0. The summed E-state index contributed by atoms with van der Waals surface area (Å²) in [6, 6.07) is 25.1. The highest BCUT2D eigenvalue weighted by atomic mass is 16.7. The molecule has 0 radical (unpaired) electrons. The zero-order valence-electron chi connectivity index (χ0n) is 36.6. The number of hydrogen-bond acceptors (Lipinski definition) is 10. The van der Waals surface area contributed by atoms with Gasteiger partial charge in [-0.2, -0.15) is 0 Å². The van der Waals surface area contributed by atoms with E-state index in [9.17, 15) is 24.0 Å². The van der Waals surface area contributed by atoms with E-state index in [1.165, 1.54) is 80.8 Å². The summed E-state index contributed by atoms with van der Waals surface area (Å²) >= 11 is 0. The number of carbonyl (C=O) groups excluding carboxylic acids is 5. The van der Waals surface area contributed by atoms with Crippen molar-refractivity contribution in [1.82, 2.24) is 0 Å². The van der Waals surface area contributed by atoms with Gasteiger partial charge >= 0.3 is 29.8 Å². The van der Waals surface area contributed by atoms with Crippen molar-refractivity contribution in [1.29, 1.82) is 0 Å². The first-order chi connectivity index (χ1) is 30.2. The van der Waals surface area contributed by atoms with Crippen molar-refractivity contribution in [2.45, 2.75) is 97.8 Å².